The minimum absolute atomic E-state index is 1.07. The van der Waals surface area contributed by atoms with Gasteiger partial charge in [0.15, 0.2) is 0 Å². The molecule has 1 nitrogen and oxygen atoms in total. The van der Waals surface area contributed by atoms with Crippen LogP contribution in [-0.2, 0) is 12.8 Å². The van der Waals surface area contributed by atoms with Crippen LogP contribution in [0.2, 0.25) is 0 Å². The van der Waals surface area contributed by atoms with Gasteiger partial charge in [0.1, 0.15) is 0 Å². The summed E-state index contributed by atoms with van der Waals surface area (Å²) >= 11 is 7.05. The monoisotopic (exact) mass is 351 g/mol. The van der Waals surface area contributed by atoms with E-state index in [9.17, 15) is 0 Å². The topological polar surface area (TPSA) is 12.0 Å². The largest absolute Gasteiger partial charge is 0.355 e. The van der Waals surface area contributed by atoms with Gasteiger partial charge in [0, 0.05) is 20.3 Å². The minimum Gasteiger partial charge on any atom is -0.355 e. The van der Waals surface area contributed by atoms with Gasteiger partial charge >= 0.3 is 0 Å². The van der Waals surface area contributed by atoms with Crippen molar-refractivity contribution in [1.82, 2.24) is 0 Å². The summed E-state index contributed by atoms with van der Waals surface area (Å²) in [5, 5.41) is 3.52. The number of rotatable bonds is 0. The van der Waals surface area contributed by atoms with Gasteiger partial charge in [0.05, 0.1) is 0 Å². The van der Waals surface area contributed by atoms with Crippen molar-refractivity contribution < 1.29 is 0 Å². The van der Waals surface area contributed by atoms with Gasteiger partial charge in [-0.3, -0.25) is 0 Å². The van der Waals surface area contributed by atoms with E-state index in [0.717, 1.165) is 21.8 Å². The predicted octanol–water partition coefficient (Wildman–Crippen LogP) is 5.05. The lowest BCUT2D eigenvalue weighted by molar-refractivity contribution is 0.975. The molecule has 0 saturated heterocycles. The molecule has 0 unspecified atom stereocenters. The molecule has 0 amide bonds. The van der Waals surface area contributed by atoms with Gasteiger partial charge in [-0.15, -0.1) is 0 Å². The van der Waals surface area contributed by atoms with E-state index in [1.54, 1.807) is 0 Å². The maximum absolute atomic E-state index is 3.53. The maximum atomic E-state index is 3.53. The third-order valence-corrected chi connectivity index (χ3v) is 4.05. The molecule has 0 radical (unpaired) electrons. The predicted molar refractivity (Wildman–Crippen MR) is 79.0 cm³/mol. The molecule has 1 aliphatic rings. The Balaban J connectivity index is 2.07. The molecule has 3 rings (SSSR count). The standard InChI is InChI=1S/C14H11Br2N/c15-11-3-5-13-9(7-11)1-2-10-8-12(16)4-6-14(10)17-13/h3-8,17H,1-2H2. The summed E-state index contributed by atoms with van der Waals surface area (Å²) in [5.41, 5.74) is 5.17. The Kier molecular flexibility index (Phi) is 2.97. The molecule has 0 saturated carbocycles. The van der Waals surface area contributed by atoms with Crippen LogP contribution in [0, 0.1) is 0 Å². The average molecular weight is 353 g/mol. The van der Waals surface area contributed by atoms with E-state index in [4.69, 9.17) is 0 Å². The number of benzene rings is 2. The molecule has 2 aromatic rings. The highest BCUT2D eigenvalue weighted by atomic mass is 79.9. The lowest BCUT2D eigenvalue weighted by Gasteiger charge is -2.10. The van der Waals surface area contributed by atoms with Crippen LogP contribution >= 0.6 is 31.9 Å². The van der Waals surface area contributed by atoms with Crippen LogP contribution < -0.4 is 5.32 Å². The van der Waals surface area contributed by atoms with E-state index in [-0.39, 0.29) is 0 Å². The van der Waals surface area contributed by atoms with Crippen LogP contribution in [-0.4, -0.2) is 0 Å². The van der Waals surface area contributed by atoms with Crippen molar-refractivity contribution in [3.63, 3.8) is 0 Å². The third kappa shape index (κ3) is 2.26. The van der Waals surface area contributed by atoms with Crippen molar-refractivity contribution in [2.75, 3.05) is 5.32 Å². The molecule has 0 aliphatic carbocycles. The van der Waals surface area contributed by atoms with Gasteiger partial charge in [-0.25, -0.2) is 0 Å². The normalized spacial score (nSPS) is 13.3. The Morgan fingerprint density at radius 3 is 1.71 bits per heavy atom. The molecular weight excluding hydrogens is 342 g/mol. The second-order valence-corrected chi connectivity index (χ2v) is 6.06. The smallest absolute Gasteiger partial charge is 0.0417 e. The van der Waals surface area contributed by atoms with Crippen LogP contribution in [0.3, 0.4) is 0 Å². The quantitative estimate of drug-likeness (QED) is 0.699. The highest BCUT2D eigenvalue weighted by Gasteiger charge is 2.12. The molecular formula is C14H11Br2N. The van der Waals surface area contributed by atoms with Crippen molar-refractivity contribution in [3.8, 4) is 0 Å². The molecule has 0 fully saturated rings. The van der Waals surface area contributed by atoms with Crippen molar-refractivity contribution in [1.29, 1.82) is 0 Å². The molecule has 0 atom stereocenters. The summed E-state index contributed by atoms with van der Waals surface area (Å²) in [6, 6.07) is 12.8. The van der Waals surface area contributed by atoms with Gasteiger partial charge < -0.3 is 5.32 Å². The Hall–Kier alpha value is -0.800. The second-order valence-electron chi connectivity index (χ2n) is 4.23. The van der Waals surface area contributed by atoms with Gasteiger partial charge in [0.25, 0.3) is 0 Å². The van der Waals surface area contributed by atoms with E-state index in [2.05, 4.69) is 73.6 Å². The molecule has 1 heterocycles. The third-order valence-electron chi connectivity index (χ3n) is 3.07. The molecule has 86 valence electrons. The summed E-state index contributed by atoms with van der Waals surface area (Å²) in [6.07, 6.45) is 2.15. The molecule has 0 spiro atoms. The fourth-order valence-electron chi connectivity index (χ4n) is 2.20. The Labute approximate surface area is 117 Å². The lowest BCUT2D eigenvalue weighted by atomic mass is 10.0. The number of anilines is 2. The van der Waals surface area contributed by atoms with E-state index >= 15 is 0 Å². The Morgan fingerprint density at radius 1 is 0.765 bits per heavy atom. The van der Waals surface area contributed by atoms with Gasteiger partial charge in [-0.05, 0) is 60.4 Å². The fourth-order valence-corrected chi connectivity index (χ4v) is 3.01. The zero-order chi connectivity index (χ0) is 11.8. The first kappa shape index (κ1) is 11.3. The van der Waals surface area contributed by atoms with Gasteiger partial charge in [-0.2, -0.15) is 0 Å². The van der Waals surface area contributed by atoms with Crippen molar-refractivity contribution in [2.45, 2.75) is 12.8 Å². The summed E-state index contributed by atoms with van der Waals surface area (Å²) in [7, 11) is 0. The Bertz CT molecular complexity index is 527. The number of fused-ring (bicyclic) bond motifs is 2. The zero-order valence-corrected chi connectivity index (χ0v) is 12.3. The summed E-state index contributed by atoms with van der Waals surface area (Å²) in [5.74, 6) is 0. The first-order valence-electron chi connectivity index (χ1n) is 5.56. The summed E-state index contributed by atoms with van der Waals surface area (Å²) < 4.78 is 2.29. The van der Waals surface area contributed by atoms with Crippen LogP contribution in [0.5, 0.6) is 0 Å². The van der Waals surface area contributed by atoms with Crippen molar-refractivity contribution >= 4 is 43.2 Å². The maximum Gasteiger partial charge on any atom is 0.0417 e. The number of hydrogen-bond donors (Lipinski definition) is 1. The number of halogens is 2. The first-order chi connectivity index (χ1) is 8.22. The molecule has 1 aliphatic heterocycles. The van der Waals surface area contributed by atoms with Crippen LogP contribution in [0.1, 0.15) is 11.1 Å². The number of aryl methyl sites for hydroxylation is 2. The number of hydrogen-bond acceptors (Lipinski definition) is 1. The van der Waals surface area contributed by atoms with E-state index in [1.165, 1.54) is 22.5 Å². The van der Waals surface area contributed by atoms with Gasteiger partial charge in [-0.1, -0.05) is 31.9 Å². The SMILES string of the molecule is Brc1ccc2c(c1)CCc1cc(Br)ccc1N2. The average Bonchev–Trinajstić information content (AvgIpc) is 2.48. The Morgan fingerprint density at radius 2 is 1.24 bits per heavy atom. The lowest BCUT2D eigenvalue weighted by Crippen LogP contribution is -1.93. The number of nitrogens with one attached hydrogen (secondary N) is 1. The van der Waals surface area contributed by atoms with Gasteiger partial charge in [0.2, 0.25) is 0 Å². The van der Waals surface area contributed by atoms with Crippen LogP contribution in [0.15, 0.2) is 45.3 Å². The zero-order valence-electron chi connectivity index (χ0n) is 9.13. The van der Waals surface area contributed by atoms with Crippen LogP contribution in [0.25, 0.3) is 0 Å². The fraction of sp³-hybridized carbons (Fsp3) is 0.143. The first-order valence-corrected chi connectivity index (χ1v) is 7.15. The van der Waals surface area contributed by atoms with E-state index in [0.29, 0.717) is 0 Å². The molecule has 0 bridgehead atoms. The molecule has 1 N–H and O–H groups in total. The highest BCUT2D eigenvalue weighted by Crippen LogP contribution is 2.32. The van der Waals surface area contributed by atoms with Crippen LogP contribution in [0.4, 0.5) is 11.4 Å². The minimum atomic E-state index is 1.07. The summed E-state index contributed by atoms with van der Waals surface area (Å²) in [4.78, 5) is 0. The van der Waals surface area contributed by atoms with Crippen molar-refractivity contribution in [3.05, 3.63) is 56.5 Å². The van der Waals surface area contributed by atoms with E-state index < -0.39 is 0 Å². The molecule has 0 aromatic heterocycles. The van der Waals surface area contributed by atoms with Crippen molar-refractivity contribution in [2.24, 2.45) is 0 Å². The highest BCUT2D eigenvalue weighted by molar-refractivity contribution is 9.10. The molecule has 3 heteroatoms. The molecule has 2 aromatic carbocycles. The summed E-state index contributed by atoms with van der Waals surface area (Å²) in [6.45, 7) is 0. The van der Waals surface area contributed by atoms with E-state index in [1.807, 2.05) is 0 Å². The second kappa shape index (κ2) is 4.46. The molecule has 17 heavy (non-hydrogen) atoms.